The van der Waals surface area contributed by atoms with E-state index in [1.165, 1.54) is 12.1 Å². The van der Waals surface area contributed by atoms with Gasteiger partial charge in [0.1, 0.15) is 0 Å². The molecule has 0 atom stereocenters. The molecule has 0 aromatic heterocycles. The van der Waals surface area contributed by atoms with Gasteiger partial charge in [0.25, 0.3) is 15.9 Å². The predicted octanol–water partition coefficient (Wildman–Crippen LogP) is 2.93. The molecule has 0 spiro atoms. The molecule has 4 nitrogen and oxygen atoms in total. The summed E-state index contributed by atoms with van der Waals surface area (Å²) in [7, 11) is -3.83. The van der Waals surface area contributed by atoms with E-state index in [4.69, 9.17) is 0 Å². The van der Waals surface area contributed by atoms with Gasteiger partial charge < -0.3 is 0 Å². The van der Waals surface area contributed by atoms with E-state index in [9.17, 15) is 13.2 Å². The first kappa shape index (κ1) is 15.3. The van der Waals surface area contributed by atoms with Crippen molar-refractivity contribution in [1.82, 2.24) is 4.31 Å². The molecule has 0 bridgehead atoms. The van der Waals surface area contributed by atoms with Crippen LogP contribution in [-0.2, 0) is 10.0 Å². The monoisotopic (exact) mass is 303 g/mol. The highest BCUT2D eigenvalue weighted by molar-refractivity contribution is 7.89. The molecule has 2 aromatic carbocycles. The maximum Gasteiger partial charge on any atom is 0.267 e. The molecule has 0 saturated carbocycles. The number of nitrogens with zero attached hydrogens (tertiary/aromatic N) is 1. The predicted molar refractivity (Wildman–Crippen MR) is 81.4 cm³/mol. The highest BCUT2D eigenvalue weighted by atomic mass is 32.2. The van der Waals surface area contributed by atoms with Crippen molar-refractivity contribution in [3.63, 3.8) is 0 Å². The summed E-state index contributed by atoms with van der Waals surface area (Å²) in [5.41, 5.74) is 0.366. The van der Waals surface area contributed by atoms with Gasteiger partial charge in [-0.1, -0.05) is 43.3 Å². The third kappa shape index (κ3) is 3.31. The molecule has 0 aliphatic rings. The number of hydrogen-bond acceptors (Lipinski definition) is 3. The number of hydrogen-bond donors (Lipinski definition) is 0. The average Bonchev–Trinajstić information content (AvgIpc) is 2.53. The molecule has 2 rings (SSSR count). The van der Waals surface area contributed by atoms with Gasteiger partial charge in [-0.05, 0) is 30.7 Å². The van der Waals surface area contributed by atoms with Crippen molar-refractivity contribution in [3.8, 4) is 0 Å². The zero-order chi connectivity index (χ0) is 15.3. The molecule has 0 fully saturated rings. The van der Waals surface area contributed by atoms with Gasteiger partial charge in [-0.3, -0.25) is 4.79 Å². The van der Waals surface area contributed by atoms with Crippen LogP contribution in [-0.4, -0.2) is 25.2 Å². The van der Waals surface area contributed by atoms with Crippen LogP contribution >= 0.6 is 0 Å². The van der Waals surface area contributed by atoms with E-state index >= 15 is 0 Å². The first-order valence-electron chi connectivity index (χ1n) is 6.74. The summed E-state index contributed by atoms with van der Waals surface area (Å²) in [6.45, 7) is 2.00. The molecule has 110 valence electrons. The van der Waals surface area contributed by atoms with Crippen molar-refractivity contribution in [2.24, 2.45) is 0 Å². The van der Waals surface area contributed by atoms with Gasteiger partial charge >= 0.3 is 0 Å². The zero-order valence-electron chi connectivity index (χ0n) is 11.8. The third-order valence-corrected chi connectivity index (χ3v) is 4.80. The lowest BCUT2D eigenvalue weighted by molar-refractivity contribution is 0.0861. The fraction of sp³-hybridized carbons (Fsp3) is 0.188. The topological polar surface area (TPSA) is 54.5 Å². The number of amides is 1. The highest BCUT2D eigenvalue weighted by Crippen LogP contribution is 2.18. The summed E-state index contributed by atoms with van der Waals surface area (Å²) >= 11 is 0. The molecule has 0 unspecified atom stereocenters. The van der Waals surface area contributed by atoms with E-state index in [2.05, 4.69) is 0 Å². The third-order valence-electron chi connectivity index (χ3n) is 3.01. The minimum Gasteiger partial charge on any atom is -0.268 e. The van der Waals surface area contributed by atoms with Crippen molar-refractivity contribution in [2.75, 3.05) is 6.54 Å². The Kier molecular flexibility index (Phi) is 4.75. The minimum atomic E-state index is -3.83. The highest BCUT2D eigenvalue weighted by Gasteiger charge is 2.29. The van der Waals surface area contributed by atoms with Gasteiger partial charge in [0.15, 0.2) is 0 Å². The van der Waals surface area contributed by atoms with Gasteiger partial charge in [0.05, 0.1) is 4.90 Å². The summed E-state index contributed by atoms with van der Waals surface area (Å²) < 4.78 is 26.2. The Morgan fingerprint density at radius 2 is 1.48 bits per heavy atom. The van der Waals surface area contributed by atoms with Crippen molar-refractivity contribution >= 4 is 15.9 Å². The second-order valence-corrected chi connectivity index (χ2v) is 6.42. The van der Waals surface area contributed by atoms with Crippen molar-refractivity contribution in [2.45, 2.75) is 18.2 Å². The Morgan fingerprint density at radius 3 is 2.00 bits per heavy atom. The smallest absolute Gasteiger partial charge is 0.267 e. The molecule has 5 heteroatoms. The standard InChI is InChI=1S/C16H17NO3S/c1-2-13-17(16(18)14-9-5-3-6-10-14)21(19,20)15-11-7-4-8-12-15/h3-12H,2,13H2,1H3. The molecule has 0 aliphatic carbocycles. The molecule has 0 heterocycles. The van der Waals surface area contributed by atoms with Crippen LogP contribution < -0.4 is 0 Å². The molecule has 2 aromatic rings. The number of sulfonamides is 1. The quantitative estimate of drug-likeness (QED) is 0.853. The lowest BCUT2D eigenvalue weighted by atomic mass is 10.2. The summed E-state index contributed by atoms with van der Waals surface area (Å²) in [5, 5.41) is 0. The number of carbonyl (C=O) groups excluding carboxylic acids is 1. The van der Waals surface area contributed by atoms with E-state index in [0.717, 1.165) is 4.31 Å². The summed E-state index contributed by atoms with van der Waals surface area (Å²) in [4.78, 5) is 12.6. The largest absolute Gasteiger partial charge is 0.268 e. The van der Waals surface area contributed by atoms with Gasteiger partial charge in [0.2, 0.25) is 0 Å². The lowest BCUT2D eigenvalue weighted by Gasteiger charge is -2.22. The number of carbonyl (C=O) groups is 1. The Hall–Kier alpha value is -2.14. The van der Waals surface area contributed by atoms with Crippen LogP contribution in [0.1, 0.15) is 23.7 Å². The molecule has 0 aliphatic heterocycles. The summed E-state index contributed by atoms with van der Waals surface area (Å²) in [6.07, 6.45) is 0.560. The normalized spacial score (nSPS) is 11.1. The van der Waals surface area contributed by atoms with Gasteiger partial charge in [0, 0.05) is 12.1 Å². The summed E-state index contributed by atoms with van der Waals surface area (Å²) in [6, 6.07) is 16.5. The van der Waals surface area contributed by atoms with Crippen molar-refractivity contribution < 1.29 is 13.2 Å². The molecule has 0 radical (unpaired) electrons. The van der Waals surface area contributed by atoms with Crippen molar-refractivity contribution in [1.29, 1.82) is 0 Å². The van der Waals surface area contributed by atoms with E-state index in [1.54, 1.807) is 48.5 Å². The first-order valence-corrected chi connectivity index (χ1v) is 8.18. The van der Waals surface area contributed by atoms with Crippen LogP contribution in [0.4, 0.5) is 0 Å². The van der Waals surface area contributed by atoms with E-state index < -0.39 is 15.9 Å². The molecular formula is C16H17NO3S. The number of benzene rings is 2. The maximum atomic E-state index is 12.6. The van der Waals surface area contributed by atoms with Crippen LogP contribution in [0.2, 0.25) is 0 Å². The number of rotatable bonds is 5. The average molecular weight is 303 g/mol. The lowest BCUT2D eigenvalue weighted by Crippen LogP contribution is -2.37. The second kappa shape index (κ2) is 6.54. The maximum absolute atomic E-state index is 12.6. The Bertz CT molecular complexity index is 697. The molecular weight excluding hydrogens is 286 g/mol. The van der Waals surface area contributed by atoms with Gasteiger partial charge in [-0.15, -0.1) is 0 Å². The molecule has 0 saturated heterocycles. The first-order chi connectivity index (χ1) is 10.1. The second-order valence-electron chi connectivity index (χ2n) is 4.56. The van der Waals surface area contributed by atoms with Crippen LogP contribution in [0, 0.1) is 0 Å². The Morgan fingerprint density at radius 1 is 0.952 bits per heavy atom. The van der Waals surface area contributed by atoms with E-state index in [0.29, 0.717) is 12.0 Å². The van der Waals surface area contributed by atoms with Crippen LogP contribution in [0.3, 0.4) is 0 Å². The zero-order valence-corrected chi connectivity index (χ0v) is 12.6. The van der Waals surface area contributed by atoms with Gasteiger partial charge in [-0.25, -0.2) is 12.7 Å². The molecule has 21 heavy (non-hydrogen) atoms. The fourth-order valence-corrected chi connectivity index (χ4v) is 3.48. The van der Waals surface area contributed by atoms with Crippen LogP contribution in [0.5, 0.6) is 0 Å². The van der Waals surface area contributed by atoms with E-state index in [1.807, 2.05) is 6.92 Å². The molecule has 0 N–H and O–H groups in total. The van der Waals surface area contributed by atoms with E-state index in [-0.39, 0.29) is 11.4 Å². The Labute approximate surface area is 125 Å². The minimum absolute atomic E-state index is 0.128. The fourth-order valence-electron chi connectivity index (χ4n) is 1.98. The van der Waals surface area contributed by atoms with Crippen LogP contribution in [0.25, 0.3) is 0 Å². The Balaban J connectivity index is 2.42. The van der Waals surface area contributed by atoms with Gasteiger partial charge in [-0.2, -0.15) is 0 Å². The van der Waals surface area contributed by atoms with Crippen molar-refractivity contribution in [3.05, 3.63) is 66.2 Å². The summed E-state index contributed by atoms with van der Waals surface area (Å²) in [5.74, 6) is -0.499. The van der Waals surface area contributed by atoms with Crippen LogP contribution in [0.15, 0.2) is 65.6 Å². The molecule has 1 amide bonds. The SMILES string of the molecule is CCCN(C(=O)c1ccccc1)S(=O)(=O)c1ccccc1.